The lowest BCUT2D eigenvalue weighted by molar-refractivity contribution is -0.253. The van der Waals surface area contributed by atoms with E-state index in [1.54, 1.807) is 6.07 Å². The number of hydrogen-bond donors (Lipinski definition) is 2. The van der Waals surface area contributed by atoms with E-state index in [0.717, 1.165) is 0 Å². The monoisotopic (exact) mass is 431 g/mol. The summed E-state index contributed by atoms with van der Waals surface area (Å²) in [6.07, 6.45) is -5.76. The highest BCUT2D eigenvalue weighted by molar-refractivity contribution is 9.11. The summed E-state index contributed by atoms with van der Waals surface area (Å²) in [4.78, 5) is 11.9. The summed E-state index contributed by atoms with van der Waals surface area (Å²) in [5.74, 6) is -2.00. The van der Waals surface area contributed by atoms with E-state index in [1.807, 2.05) is 0 Å². The fraction of sp³-hybridized carbons (Fsp3) is 0.462. The van der Waals surface area contributed by atoms with Gasteiger partial charge in [-0.05, 0) is 30.5 Å². The van der Waals surface area contributed by atoms with Crippen LogP contribution in [0.25, 0.3) is 0 Å². The van der Waals surface area contributed by atoms with Crippen LogP contribution in [0.3, 0.4) is 0 Å². The number of benzene rings is 1. The zero-order valence-electron chi connectivity index (χ0n) is 11.3. The van der Waals surface area contributed by atoms with Gasteiger partial charge in [0.2, 0.25) is 5.60 Å². The van der Waals surface area contributed by atoms with Crippen LogP contribution < -0.4 is 5.32 Å². The Labute approximate surface area is 137 Å². The largest absolute Gasteiger partial charge is 0.426 e. The van der Waals surface area contributed by atoms with Gasteiger partial charge in [0.15, 0.2) is 0 Å². The molecule has 0 bridgehead atoms. The van der Waals surface area contributed by atoms with Gasteiger partial charge in [-0.25, -0.2) is 0 Å². The van der Waals surface area contributed by atoms with Gasteiger partial charge in [-0.1, -0.05) is 45.7 Å². The Bertz CT molecular complexity index is 514. The molecule has 0 aromatic heterocycles. The first-order valence-electron chi connectivity index (χ1n) is 6.02. The van der Waals surface area contributed by atoms with Gasteiger partial charge < -0.3 is 10.4 Å². The van der Waals surface area contributed by atoms with Gasteiger partial charge in [0.25, 0.3) is 5.91 Å². The maximum absolute atomic E-state index is 13.0. The molecular formula is C13H14Br2F3NO2. The molecule has 2 N–H and O–H groups in total. The molecule has 3 nitrogen and oxygen atoms in total. The third-order valence-electron chi connectivity index (χ3n) is 2.67. The Kier molecular flexibility index (Phi) is 5.85. The first-order valence-corrected chi connectivity index (χ1v) is 7.61. The molecule has 0 heterocycles. The maximum atomic E-state index is 13.0. The van der Waals surface area contributed by atoms with E-state index < -0.39 is 30.0 Å². The van der Waals surface area contributed by atoms with E-state index >= 15 is 0 Å². The number of nitrogens with one attached hydrogen (secondary N) is 1. The fourth-order valence-electron chi connectivity index (χ4n) is 1.79. The smallest absolute Gasteiger partial charge is 0.373 e. The van der Waals surface area contributed by atoms with Crippen molar-refractivity contribution >= 4 is 43.5 Å². The van der Waals surface area contributed by atoms with Crippen LogP contribution in [0.2, 0.25) is 0 Å². The molecule has 1 rings (SSSR count). The Balaban J connectivity index is 3.07. The van der Waals surface area contributed by atoms with Crippen LogP contribution in [0.4, 0.5) is 18.9 Å². The number of amides is 1. The van der Waals surface area contributed by atoms with Crippen molar-refractivity contribution < 1.29 is 23.1 Å². The summed E-state index contributed by atoms with van der Waals surface area (Å²) in [6, 6.07) is 4.55. The molecule has 0 saturated heterocycles. The third-order valence-corrected chi connectivity index (χ3v) is 3.58. The number of aliphatic hydroxyl groups is 1. The Morgan fingerprint density at radius 2 is 1.71 bits per heavy atom. The molecule has 0 spiro atoms. The highest BCUT2D eigenvalue weighted by atomic mass is 79.9. The van der Waals surface area contributed by atoms with Gasteiger partial charge in [0, 0.05) is 14.6 Å². The molecule has 118 valence electrons. The van der Waals surface area contributed by atoms with E-state index in [2.05, 4.69) is 37.2 Å². The average molecular weight is 433 g/mol. The van der Waals surface area contributed by atoms with E-state index in [-0.39, 0.29) is 5.69 Å². The Hall–Kier alpha value is -0.600. The lowest BCUT2D eigenvalue weighted by Gasteiger charge is -2.30. The van der Waals surface area contributed by atoms with Crippen LogP contribution in [0.5, 0.6) is 0 Å². The molecule has 1 aromatic carbocycles. The van der Waals surface area contributed by atoms with E-state index in [9.17, 15) is 23.1 Å². The minimum absolute atomic E-state index is 0.146. The molecule has 0 aliphatic carbocycles. The van der Waals surface area contributed by atoms with Gasteiger partial charge >= 0.3 is 6.18 Å². The molecule has 1 amide bonds. The van der Waals surface area contributed by atoms with Crippen LogP contribution >= 0.6 is 31.9 Å². The molecule has 0 aliphatic heterocycles. The van der Waals surface area contributed by atoms with Crippen molar-refractivity contribution in [2.24, 2.45) is 5.92 Å². The first-order chi connectivity index (χ1) is 9.45. The summed E-state index contributed by atoms with van der Waals surface area (Å²) in [7, 11) is 0. The fourth-order valence-corrected chi connectivity index (χ4v) is 3.08. The van der Waals surface area contributed by atoms with Gasteiger partial charge in [0.1, 0.15) is 0 Å². The number of halogens is 5. The highest BCUT2D eigenvalue weighted by Gasteiger charge is 2.59. The zero-order valence-corrected chi connectivity index (χ0v) is 14.4. The molecule has 1 unspecified atom stereocenters. The molecule has 0 fully saturated rings. The average Bonchev–Trinajstić information content (AvgIpc) is 2.24. The Morgan fingerprint density at radius 3 is 2.10 bits per heavy atom. The maximum Gasteiger partial charge on any atom is 0.426 e. The van der Waals surface area contributed by atoms with Crippen molar-refractivity contribution in [1.29, 1.82) is 0 Å². The quantitative estimate of drug-likeness (QED) is 0.736. The molecule has 0 aliphatic rings. The number of alkyl halides is 3. The lowest BCUT2D eigenvalue weighted by atomic mass is 9.90. The number of carbonyl (C=O) groups is 1. The SMILES string of the molecule is CC(C)CC(O)(C(=O)Nc1cc(Br)cc(Br)c1)C(F)(F)F. The summed E-state index contributed by atoms with van der Waals surface area (Å²) >= 11 is 6.33. The van der Waals surface area contributed by atoms with Crippen molar-refractivity contribution in [3.63, 3.8) is 0 Å². The zero-order chi connectivity index (χ0) is 16.4. The van der Waals surface area contributed by atoms with Gasteiger partial charge in [-0.3, -0.25) is 4.79 Å². The normalized spacial score (nSPS) is 14.9. The predicted octanol–water partition coefficient (Wildman–Crippen LogP) is 4.49. The highest BCUT2D eigenvalue weighted by Crippen LogP contribution is 2.36. The number of hydrogen-bond acceptors (Lipinski definition) is 2. The molecule has 8 heteroatoms. The van der Waals surface area contributed by atoms with Crippen molar-refractivity contribution in [3.8, 4) is 0 Å². The molecule has 21 heavy (non-hydrogen) atoms. The van der Waals surface area contributed by atoms with Crippen molar-refractivity contribution in [1.82, 2.24) is 0 Å². The minimum atomic E-state index is -5.05. The van der Waals surface area contributed by atoms with Gasteiger partial charge in [-0.2, -0.15) is 13.2 Å². The second-order valence-corrected chi connectivity index (χ2v) is 6.90. The molecule has 0 saturated carbocycles. The van der Waals surface area contributed by atoms with Gasteiger partial charge in [-0.15, -0.1) is 0 Å². The summed E-state index contributed by atoms with van der Waals surface area (Å²) in [6.45, 7) is 3.00. The Morgan fingerprint density at radius 1 is 1.24 bits per heavy atom. The summed E-state index contributed by atoms with van der Waals surface area (Å²) in [5.41, 5.74) is -3.27. The lowest BCUT2D eigenvalue weighted by Crippen LogP contribution is -2.55. The van der Waals surface area contributed by atoms with Crippen molar-refractivity contribution in [2.45, 2.75) is 32.0 Å². The number of anilines is 1. The van der Waals surface area contributed by atoms with Crippen LogP contribution in [-0.2, 0) is 4.79 Å². The molecule has 1 atom stereocenters. The van der Waals surface area contributed by atoms with E-state index in [1.165, 1.54) is 26.0 Å². The summed E-state index contributed by atoms with van der Waals surface area (Å²) < 4.78 is 40.3. The number of carbonyl (C=O) groups excluding carboxylic acids is 1. The summed E-state index contributed by atoms with van der Waals surface area (Å²) in [5, 5.41) is 11.9. The number of rotatable bonds is 4. The van der Waals surface area contributed by atoms with Crippen molar-refractivity contribution in [2.75, 3.05) is 5.32 Å². The molecule has 1 aromatic rings. The van der Waals surface area contributed by atoms with Crippen LogP contribution in [0.15, 0.2) is 27.1 Å². The predicted molar refractivity (Wildman–Crippen MR) is 80.9 cm³/mol. The van der Waals surface area contributed by atoms with Crippen molar-refractivity contribution in [3.05, 3.63) is 27.1 Å². The van der Waals surface area contributed by atoms with E-state index in [0.29, 0.717) is 8.95 Å². The molecular weight excluding hydrogens is 419 g/mol. The second-order valence-electron chi connectivity index (χ2n) is 5.07. The topological polar surface area (TPSA) is 49.3 Å². The first kappa shape index (κ1) is 18.4. The van der Waals surface area contributed by atoms with Crippen LogP contribution in [0, 0.1) is 5.92 Å². The van der Waals surface area contributed by atoms with Crippen LogP contribution in [0.1, 0.15) is 20.3 Å². The van der Waals surface area contributed by atoms with Crippen LogP contribution in [-0.4, -0.2) is 22.8 Å². The van der Waals surface area contributed by atoms with Gasteiger partial charge in [0.05, 0.1) is 0 Å². The molecule has 0 radical (unpaired) electrons. The standard InChI is InChI=1S/C13H14Br2F3NO2/c1-7(2)6-12(21,13(16,17)18)11(20)19-10-4-8(14)3-9(15)5-10/h3-5,7,21H,6H2,1-2H3,(H,19,20). The van der Waals surface area contributed by atoms with E-state index in [4.69, 9.17) is 0 Å². The third kappa shape index (κ3) is 4.69. The minimum Gasteiger partial charge on any atom is -0.373 e. The second kappa shape index (κ2) is 6.66.